The van der Waals surface area contributed by atoms with Crippen molar-refractivity contribution in [2.75, 3.05) is 99.0 Å². The van der Waals surface area contributed by atoms with Crippen molar-refractivity contribution in [3.63, 3.8) is 0 Å². The molecule has 5 N–H and O–H groups in total. The zero-order valence-electron chi connectivity index (χ0n) is 20.9. The smallest absolute Gasteiger partial charge is 0.128 e. The van der Waals surface area contributed by atoms with E-state index in [4.69, 9.17) is 49.8 Å². The normalized spacial score (nSPS) is 11.7. The van der Waals surface area contributed by atoms with Gasteiger partial charge in [0.15, 0.2) is 0 Å². The molecular weight excluding hydrogens is 446 g/mol. The van der Waals surface area contributed by atoms with Gasteiger partial charge in [0.2, 0.25) is 0 Å². The Balaban J connectivity index is 3.21. The molecule has 0 aromatic rings. The Morgan fingerprint density at radius 2 is 1.18 bits per heavy atom. The number of aliphatic hydroxyl groups is 1. The molecule has 0 amide bonds. The standard InChI is InChI=1S/C23H47N3O8/c1-22(2)34-21-23(24)20-26(25)6-10-30-14-12-28-8-4-3-5-9-29-13-16-32-18-19-33-17-15-31-11-7-27/h20,27H,1,3-19,21,24-25H2,2H3/b23-20-. The van der Waals surface area contributed by atoms with Crippen LogP contribution in [0.3, 0.4) is 0 Å². The maximum absolute atomic E-state index is 8.56. The number of unbranched alkanes of at least 4 members (excludes halogenated alkanes) is 2. The summed E-state index contributed by atoms with van der Waals surface area (Å²) in [5.74, 6) is 6.43. The molecule has 0 spiro atoms. The summed E-state index contributed by atoms with van der Waals surface area (Å²) < 4.78 is 37.6. The molecule has 0 unspecified atom stereocenters. The fraction of sp³-hybridized carbons (Fsp3) is 0.826. The van der Waals surface area contributed by atoms with Crippen molar-refractivity contribution in [3.8, 4) is 0 Å². The first-order valence-electron chi connectivity index (χ1n) is 11.9. The highest BCUT2D eigenvalue weighted by Gasteiger charge is 1.98. The second kappa shape index (κ2) is 26.2. The first-order chi connectivity index (χ1) is 16.6. The molecule has 0 atom stereocenters. The van der Waals surface area contributed by atoms with E-state index in [9.17, 15) is 0 Å². The first-order valence-corrected chi connectivity index (χ1v) is 11.9. The lowest BCUT2D eigenvalue weighted by Gasteiger charge is -2.15. The molecule has 0 aromatic carbocycles. The van der Waals surface area contributed by atoms with Crippen LogP contribution < -0.4 is 11.6 Å². The van der Waals surface area contributed by atoms with Crippen LogP contribution in [0.1, 0.15) is 26.2 Å². The number of allylic oxidation sites excluding steroid dienone is 1. The zero-order chi connectivity index (χ0) is 25.1. The maximum Gasteiger partial charge on any atom is 0.128 e. The predicted molar refractivity (Wildman–Crippen MR) is 130 cm³/mol. The molecule has 0 bridgehead atoms. The summed E-state index contributed by atoms with van der Waals surface area (Å²) in [6.45, 7) is 12.8. The van der Waals surface area contributed by atoms with Gasteiger partial charge in [-0.3, -0.25) is 0 Å². The Morgan fingerprint density at radius 3 is 1.65 bits per heavy atom. The van der Waals surface area contributed by atoms with Gasteiger partial charge in [-0.25, -0.2) is 5.84 Å². The van der Waals surface area contributed by atoms with Crippen LogP contribution in [0.2, 0.25) is 0 Å². The number of hydrogen-bond donors (Lipinski definition) is 3. The molecule has 0 rings (SSSR count). The fourth-order valence-electron chi connectivity index (χ4n) is 2.42. The van der Waals surface area contributed by atoms with Gasteiger partial charge in [-0.1, -0.05) is 6.58 Å². The van der Waals surface area contributed by atoms with Gasteiger partial charge in [-0.2, -0.15) is 0 Å². The Bertz CT molecular complexity index is 483. The highest BCUT2D eigenvalue weighted by atomic mass is 16.6. The average molecular weight is 494 g/mol. The summed E-state index contributed by atoms with van der Waals surface area (Å²) in [5.41, 5.74) is 6.31. The monoisotopic (exact) mass is 493 g/mol. The first kappa shape index (κ1) is 32.6. The lowest BCUT2D eigenvalue weighted by atomic mass is 10.2. The molecule has 202 valence electrons. The van der Waals surface area contributed by atoms with Crippen LogP contribution in [0, 0.1) is 0 Å². The van der Waals surface area contributed by atoms with Crippen LogP contribution in [0.5, 0.6) is 0 Å². The summed E-state index contributed by atoms with van der Waals surface area (Å²) in [7, 11) is 0. The van der Waals surface area contributed by atoms with Crippen LogP contribution in [0.25, 0.3) is 0 Å². The molecule has 11 nitrogen and oxygen atoms in total. The van der Waals surface area contributed by atoms with E-state index in [1.54, 1.807) is 13.1 Å². The summed E-state index contributed by atoms with van der Waals surface area (Å²) in [6, 6.07) is 0. The van der Waals surface area contributed by atoms with Crippen LogP contribution >= 0.6 is 0 Å². The Kier molecular flexibility index (Phi) is 25.1. The lowest BCUT2D eigenvalue weighted by Crippen LogP contribution is -2.31. The molecule has 0 fully saturated rings. The molecule has 0 heterocycles. The number of nitrogens with two attached hydrogens (primary N) is 2. The van der Waals surface area contributed by atoms with E-state index in [0.29, 0.717) is 90.7 Å². The minimum atomic E-state index is 0.0336. The van der Waals surface area contributed by atoms with Gasteiger partial charge in [0.25, 0.3) is 0 Å². The summed E-state index contributed by atoms with van der Waals surface area (Å²) >= 11 is 0. The second-order valence-electron chi connectivity index (χ2n) is 7.39. The van der Waals surface area contributed by atoms with Gasteiger partial charge in [-0.15, -0.1) is 0 Å². The number of hydrogen-bond acceptors (Lipinski definition) is 11. The SMILES string of the molecule is C=C(C)OC/C(N)=C/N(N)CCOCCOCCCCCOCCOCCOCCOCCO. The molecule has 0 saturated heterocycles. The molecule has 0 aliphatic rings. The van der Waals surface area contributed by atoms with Crippen molar-refractivity contribution in [3.05, 3.63) is 24.2 Å². The molecule has 11 heteroatoms. The van der Waals surface area contributed by atoms with Gasteiger partial charge >= 0.3 is 0 Å². The van der Waals surface area contributed by atoms with E-state index in [2.05, 4.69) is 6.58 Å². The van der Waals surface area contributed by atoms with Gasteiger partial charge in [0.05, 0.1) is 90.7 Å². The number of rotatable bonds is 27. The molecule has 0 aliphatic carbocycles. The highest BCUT2D eigenvalue weighted by molar-refractivity contribution is 4.96. The highest BCUT2D eigenvalue weighted by Crippen LogP contribution is 1.97. The molecule has 0 aliphatic heterocycles. The van der Waals surface area contributed by atoms with Crippen molar-refractivity contribution in [1.29, 1.82) is 0 Å². The second-order valence-corrected chi connectivity index (χ2v) is 7.39. The molecule has 0 radical (unpaired) electrons. The lowest BCUT2D eigenvalue weighted by molar-refractivity contribution is -0.00594. The van der Waals surface area contributed by atoms with Crippen LogP contribution in [0.4, 0.5) is 0 Å². The zero-order valence-corrected chi connectivity index (χ0v) is 20.9. The number of aliphatic hydroxyl groups excluding tert-OH is 1. The van der Waals surface area contributed by atoms with E-state index < -0.39 is 0 Å². The minimum absolute atomic E-state index is 0.0336. The maximum atomic E-state index is 8.56. The fourth-order valence-corrected chi connectivity index (χ4v) is 2.42. The Morgan fingerprint density at radius 1 is 0.735 bits per heavy atom. The van der Waals surface area contributed by atoms with Crippen molar-refractivity contribution in [2.45, 2.75) is 26.2 Å². The van der Waals surface area contributed by atoms with E-state index in [0.717, 1.165) is 25.9 Å². The number of hydrazine groups is 1. The summed E-state index contributed by atoms with van der Waals surface area (Å²) in [6.07, 6.45) is 4.66. The Labute approximate surface area is 204 Å². The van der Waals surface area contributed by atoms with Gasteiger partial charge in [0.1, 0.15) is 6.61 Å². The predicted octanol–water partition coefficient (Wildman–Crippen LogP) is 0.775. The Hall–Kier alpha value is -1.44. The van der Waals surface area contributed by atoms with Crippen LogP contribution in [-0.2, 0) is 33.2 Å². The molecule has 34 heavy (non-hydrogen) atoms. The quantitative estimate of drug-likeness (QED) is 0.0647. The van der Waals surface area contributed by atoms with Crippen LogP contribution in [-0.4, -0.2) is 109 Å². The van der Waals surface area contributed by atoms with E-state index in [1.165, 1.54) is 5.01 Å². The summed E-state index contributed by atoms with van der Waals surface area (Å²) in [4.78, 5) is 0. The number of ether oxygens (including phenoxy) is 7. The third kappa shape index (κ3) is 26.8. The third-order valence-electron chi connectivity index (χ3n) is 4.11. The van der Waals surface area contributed by atoms with Gasteiger partial charge in [0, 0.05) is 19.4 Å². The third-order valence-corrected chi connectivity index (χ3v) is 4.11. The number of nitrogens with zero attached hydrogens (tertiary/aromatic N) is 1. The van der Waals surface area contributed by atoms with E-state index in [-0.39, 0.29) is 13.2 Å². The van der Waals surface area contributed by atoms with Crippen LogP contribution in [0.15, 0.2) is 24.2 Å². The summed E-state index contributed by atoms with van der Waals surface area (Å²) in [5, 5.41) is 10.0. The van der Waals surface area contributed by atoms with Crippen molar-refractivity contribution >= 4 is 0 Å². The van der Waals surface area contributed by atoms with Crippen molar-refractivity contribution in [2.24, 2.45) is 11.6 Å². The topological polar surface area (TPSA) is 140 Å². The van der Waals surface area contributed by atoms with E-state index >= 15 is 0 Å². The van der Waals surface area contributed by atoms with Crippen molar-refractivity contribution in [1.82, 2.24) is 5.01 Å². The van der Waals surface area contributed by atoms with Crippen molar-refractivity contribution < 1.29 is 38.3 Å². The molecular formula is C23H47N3O8. The minimum Gasteiger partial charge on any atom is -0.493 e. The molecule has 0 aromatic heterocycles. The van der Waals surface area contributed by atoms with Gasteiger partial charge < -0.3 is 49.0 Å². The van der Waals surface area contributed by atoms with E-state index in [1.807, 2.05) is 0 Å². The largest absolute Gasteiger partial charge is 0.493 e. The average Bonchev–Trinajstić information content (AvgIpc) is 2.81. The van der Waals surface area contributed by atoms with Gasteiger partial charge in [-0.05, 0) is 26.2 Å². The molecule has 0 saturated carbocycles.